The SMILES string of the molecule is CCOC(=O)c1cccc(N)c1NC(C)c1ccc(Cl)s1. The number of thiophene rings is 1. The monoisotopic (exact) mass is 324 g/mol. The minimum absolute atomic E-state index is 0.0135. The van der Waals surface area contributed by atoms with Gasteiger partial charge in [0.1, 0.15) is 0 Å². The normalized spacial score (nSPS) is 12.0. The second-order valence-corrected chi connectivity index (χ2v) is 6.24. The molecule has 1 atom stereocenters. The van der Waals surface area contributed by atoms with E-state index in [9.17, 15) is 4.79 Å². The third-order valence-electron chi connectivity index (χ3n) is 2.97. The highest BCUT2D eigenvalue weighted by Gasteiger charge is 2.17. The third-order valence-corrected chi connectivity index (χ3v) is 4.39. The standard InChI is InChI=1S/C15H17ClN2O2S/c1-3-20-15(19)10-5-4-6-11(17)14(10)18-9(2)12-7-8-13(16)21-12/h4-9,18H,3,17H2,1-2H3. The Balaban J connectivity index is 2.28. The molecule has 2 aromatic rings. The lowest BCUT2D eigenvalue weighted by Crippen LogP contribution is -2.13. The van der Waals surface area contributed by atoms with Gasteiger partial charge in [0.05, 0.1) is 33.9 Å². The molecule has 1 heterocycles. The van der Waals surface area contributed by atoms with Crippen LogP contribution in [-0.2, 0) is 4.74 Å². The maximum atomic E-state index is 12.0. The Morgan fingerprint density at radius 3 is 2.81 bits per heavy atom. The highest BCUT2D eigenvalue weighted by atomic mass is 35.5. The van der Waals surface area contributed by atoms with E-state index in [0.29, 0.717) is 23.5 Å². The van der Waals surface area contributed by atoms with Crippen LogP contribution >= 0.6 is 22.9 Å². The van der Waals surface area contributed by atoms with Crippen LogP contribution < -0.4 is 11.1 Å². The number of carbonyl (C=O) groups excluding carboxylic acids is 1. The van der Waals surface area contributed by atoms with Crippen molar-refractivity contribution in [3.8, 4) is 0 Å². The van der Waals surface area contributed by atoms with Crippen molar-refractivity contribution in [2.75, 3.05) is 17.7 Å². The van der Waals surface area contributed by atoms with E-state index in [4.69, 9.17) is 22.1 Å². The lowest BCUT2D eigenvalue weighted by Gasteiger charge is -2.18. The lowest BCUT2D eigenvalue weighted by atomic mass is 10.1. The molecule has 6 heteroatoms. The number of hydrogen-bond acceptors (Lipinski definition) is 5. The molecule has 4 nitrogen and oxygen atoms in total. The maximum Gasteiger partial charge on any atom is 0.340 e. The average molecular weight is 325 g/mol. The Morgan fingerprint density at radius 2 is 2.19 bits per heavy atom. The van der Waals surface area contributed by atoms with Gasteiger partial charge in [-0.2, -0.15) is 0 Å². The number of nitrogens with one attached hydrogen (secondary N) is 1. The fraction of sp³-hybridized carbons (Fsp3) is 0.267. The number of esters is 1. The number of para-hydroxylation sites is 1. The molecule has 1 unspecified atom stereocenters. The lowest BCUT2D eigenvalue weighted by molar-refractivity contribution is 0.0527. The summed E-state index contributed by atoms with van der Waals surface area (Å²) in [6.45, 7) is 4.08. The van der Waals surface area contributed by atoms with Gasteiger partial charge < -0.3 is 15.8 Å². The predicted molar refractivity (Wildman–Crippen MR) is 88.2 cm³/mol. The summed E-state index contributed by atoms with van der Waals surface area (Å²) < 4.78 is 5.79. The van der Waals surface area contributed by atoms with Gasteiger partial charge in [-0.05, 0) is 38.1 Å². The number of rotatable bonds is 5. The first-order valence-electron chi connectivity index (χ1n) is 6.60. The van der Waals surface area contributed by atoms with Crippen LogP contribution in [0.2, 0.25) is 4.34 Å². The van der Waals surface area contributed by atoms with E-state index >= 15 is 0 Å². The Bertz CT molecular complexity index is 642. The number of ether oxygens (including phenoxy) is 1. The molecule has 0 saturated carbocycles. The van der Waals surface area contributed by atoms with Crippen molar-refractivity contribution in [3.63, 3.8) is 0 Å². The van der Waals surface area contributed by atoms with Crippen LogP contribution in [0.1, 0.15) is 35.1 Å². The molecular formula is C15H17ClN2O2S. The minimum atomic E-state index is -0.385. The van der Waals surface area contributed by atoms with Crippen LogP contribution in [0.25, 0.3) is 0 Å². The molecule has 112 valence electrons. The highest BCUT2D eigenvalue weighted by Crippen LogP contribution is 2.32. The van der Waals surface area contributed by atoms with Gasteiger partial charge in [-0.3, -0.25) is 0 Å². The molecule has 2 rings (SSSR count). The van der Waals surface area contributed by atoms with E-state index in [1.807, 2.05) is 19.1 Å². The molecule has 3 N–H and O–H groups in total. The van der Waals surface area contributed by atoms with Crippen molar-refractivity contribution in [1.82, 2.24) is 0 Å². The maximum absolute atomic E-state index is 12.0. The van der Waals surface area contributed by atoms with E-state index in [2.05, 4.69) is 5.32 Å². The van der Waals surface area contributed by atoms with Gasteiger partial charge in [0.25, 0.3) is 0 Å². The van der Waals surface area contributed by atoms with Crippen molar-refractivity contribution < 1.29 is 9.53 Å². The first-order chi connectivity index (χ1) is 10.0. The highest BCUT2D eigenvalue weighted by molar-refractivity contribution is 7.16. The molecule has 0 fully saturated rings. The number of anilines is 2. The molecule has 0 bridgehead atoms. The predicted octanol–water partition coefficient (Wildman–Crippen LogP) is 4.33. The number of nitrogen functional groups attached to an aromatic ring is 1. The molecule has 0 radical (unpaired) electrons. The Labute approximate surface area is 132 Å². The Morgan fingerprint density at radius 1 is 1.43 bits per heavy atom. The average Bonchev–Trinajstić information content (AvgIpc) is 2.88. The summed E-state index contributed by atoms with van der Waals surface area (Å²) in [6, 6.07) is 8.97. The molecule has 0 amide bonds. The van der Waals surface area contributed by atoms with Crippen LogP contribution in [0, 0.1) is 0 Å². The van der Waals surface area contributed by atoms with E-state index < -0.39 is 0 Å². The topological polar surface area (TPSA) is 64.3 Å². The molecule has 1 aromatic heterocycles. The molecule has 0 saturated heterocycles. The summed E-state index contributed by atoms with van der Waals surface area (Å²) >= 11 is 7.45. The van der Waals surface area contributed by atoms with Gasteiger partial charge in [0.15, 0.2) is 0 Å². The number of halogens is 1. The van der Waals surface area contributed by atoms with Crippen LogP contribution in [0.15, 0.2) is 30.3 Å². The minimum Gasteiger partial charge on any atom is -0.462 e. The Kier molecular flexibility index (Phi) is 5.09. The first kappa shape index (κ1) is 15.7. The van der Waals surface area contributed by atoms with Gasteiger partial charge >= 0.3 is 5.97 Å². The largest absolute Gasteiger partial charge is 0.462 e. The number of hydrogen-bond donors (Lipinski definition) is 2. The second-order valence-electron chi connectivity index (χ2n) is 4.50. The van der Waals surface area contributed by atoms with E-state index in [0.717, 1.165) is 9.21 Å². The number of benzene rings is 1. The fourth-order valence-electron chi connectivity index (χ4n) is 1.96. The van der Waals surface area contributed by atoms with E-state index in [1.165, 1.54) is 11.3 Å². The number of carbonyl (C=O) groups is 1. The smallest absolute Gasteiger partial charge is 0.340 e. The van der Waals surface area contributed by atoms with Gasteiger partial charge in [0, 0.05) is 4.88 Å². The van der Waals surface area contributed by atoms with Crippen molar-refractivity contribution in [2.45, 2.75) is 19.9 Å². The van der Waals surface area contributed by atoms with Crippen LogP contribution in [-0.4, -0.2) is 12.6 Å². The molecule has 0 aliphatic carbocycles. The second kappa shape index (κ2) is 6.83. The summed E-state index contributed by atoms with van der Waals surface area (Å²) in [5.74, 6) is -0.385. The first-order valence-corrected chi connectivity index (χ1v) is 7.79. The third kappa shape index (κ3) is 3.68. The van der Waals surface area contributed by atoms with Crippen molar-refractivity contribution in [1.29, 1.82) is 0 Å². The molecule has 0 spiro atoms. The summed E-state index contributed by atoms with van der Waals surface area (Å²) in [5, 5.41) is 3.27. The van der Waals surface area contributed by atoms with Gasteiger partial charge in [-0.15, -0.1) is 11.3 Å². The summed E-state index contributed by atoms with van der Waals surface area (Å²) in [7, 11) is 0. The summed E-state index contributed by atoms with van der Waals surface area (Å²) in [4.78, 5) is 13.1. The molecule has 21 heavy (non-hydrogen) atoms. The van der Waals surface area contributed by atoms with Crippen LogP contribution in [0.4, 0.5) is 11.4 Å². The zero-order chi connectivity index (χ0) is 15.4. The summed E-state index contributed by atoms with van der Waals surface area (Å²) in [6.07, 6.45) is 0. The van der Waals surface area contributed by atoms with Crippen LogP contribution in [0.3, 0.4) is 0 Å². The van der Waals surface area contributed by atoms with E-state index in [1.54, 1.807) is 25.1 Å². The Hall–Kier alpha value is -1.72. The van der Waals surface area contributed by atoms with E-state index in [-0.39, 0.29) is 12.0 Å². The summed E-state index contributed by atoms with van der Waals surface area (Å²) in [5.41, 5.74) is 7.53. The van der Waals surface area contributed by atoms with Gasteiger partial charge in [-0.1, -0.05) is 17.7 Å². The van der Waals surface area contributed by atoms with Crippen molar-refractivity contribution in [2.24, 2.45) is 0 Å². The molecular weight excluding hydrogens is 308 g/mol. The van der Waals surface area contributed by atoms with Crippen LogP contribution in [0.5, 0.6) is 0 Å². The fourth-order valence-corrected chi connectivity index (χ4v) is 3.02. The molecule has 0 aliphatic heterocycles. The molecule has 1 aromatic carbocycles. The zero-order valence-corrected chi connectivity index (χ0v) is 13.4. The zero-order valence-electron chi connectivity index (χ0n) is 11.9. The van der Waals surface area contributed by atoms with Gasteiger partial charge in [-0.25, -0.2) is 4.79 Å². The van der Waals surface area contributed by atoms with Gasteiger partial charge in [0.2, 0.25) is 0 Å². The molecule has 0 aliphatic rings. The quantitative estimate of drug-likeness (QED) is 0.634. The van der Waals surface area contributed by atoms with Crippen molar-refractivity contribution in [3.05, 3.63) is 45.1 Å². The number of nitrogens with two attached hydrogens (primary N) is 1. The van der Waals surface area contributed by atoms with Crippen molar-refractivity contribution >= 4 is 40.3 Å².